The molecular weight excluding hydrogens is 260 g/mol. The average Bonchev–Trinajstić information content (AvgIpc) is 2.36. The molecule has 2 aliphatic rings. The molecule has 21 heavy (non-hydrogen) atoms. The average molecular weight is 286 g/mol. The maximum absolute atomic E-state index is 11.9. The van der Waals surface area contributed by atoms with Gasteiger partial charge < -0.3 is 5.11 Å². The highest BCUT2D eigenvalue weighted by Crippen LogP contribution is 2.50. The Morgan fingerprint density at radius 2 is 1.86 bits per heavy atom. The van der Waals surface area contributed by atoms with Gasteiger partial charge in [-0.2, -0.15) is 0 Å². The SMILES string of the molecule is CC1(C)CCCC(c2ccccc2C2(C(=O)O)CCC2)C1. The van der Waals surface area contributed by atoms with Crippen molar-refractivity contribution in [2.45, 2.75) is 70.1 Å². The molecule has 0 aliphatic heterocycles. The van der Waals surface area contributed by atoms with Crippen molar-refractivity contribution >= 4 is 5.97 Å². The zero-order chi connectivity index (χ0) is 15.1. The molecule has 0 aromatic heterocycles. The summed E-state index contributed by atoms with van der Waals surface area (Å²) in [7, 11) is 0. The van der Waals surface area contributed by atoms with Crippen molar-refractivity contribution in [3.63, 3.8) is 0 Å². The molecule has 2 saturated carbocycles. The third kappa shape index (κ3) is 2.49. The minimum absolute atomic E-state index is 0.381. The van der Waals surface area contributed by atoms with E-state index < -0.39 is 11.4 Å². The van der Waals surface area contributed by atoms with E-state index in [1.165, 1.54) is 31.2 Å². The second kappa shape index (κ2) is 5.15. The maximum Gasteiger partial charge on any atom is 0.314 e. The number of hydrogen-bond acceptors (Lipinski definition) is 1. The Hall–Kier alpha value is -1.31. The van der Waals surface area contributed by atoms with Gasteiger partial charge >= 0.3 is 5.97 Å². The van der Waals surface area contributed by atoms with Crippen molar-refractivity contribution in [3.05, 3.63) is 35.4 Å². The summed E-state index contributed by atoms with van der Waals surface area (Å²) >= 11 is 0. The van der Waals surface area contributed by atoms with Crippen LogP contribution in [0.3, 0.4) is 0 Å². The number of aliphatic carboxylic acids is 1. The van der Waals surface area contributed by atoms with Gasteiger partial charge in [0, 0.05) is 0 Å². The molecule has 2 nitrogen and oxygen atoms in total. The Morgan fingerprint density at radius 1 is 1.14 bits per heavy atom. The first-order valence-corrected chi connectivity index (χ1v) is 8.27. The highest BCUT2D eigenvalue weighted by Gasteiger charge is 2.47. The molecule has 2 fully saturated rings. The quantitative estimate of drug-likeness (QED) is 0.860. The van der Waals surface area contributed by atoms with E-state index >= 15 is 0 Å². The number of carboxylic acid groups (broad SMARTS) is 1. The van der Waals surface area contributed by atoms with Crippen LogP contribution in [-0.2, 0) is 10.2 Å². The van der Waals surface area contributed by atoms with E-state index in [1.54, 1.807) is 0 Å². The molecule has 114 valence electrons. The molecule has 3 rings (SSSR count). The summed E-state index contributed by atoms with van der Waals surface area (Å²) < 4.78 is 0. The Bertz CT molecular complexity index is 540. The lowest BCUT2D eigenvalue weighted by Gasteiger charge is -2.42. The van der Waals surface area contributed by atoms with Gasteiger partial charge in [0.2, 0.25) is 0 Å². The number of rotatable bonds is 3. The smallest absolute Gasteiger partial charge is 0.314 e. The van der Waals surface area contributed by atoms with Crippen LogP contribution in [0.15, 0.2) is 24.3 Å². The van der Waals surface area contributed by atoms with Gasteiger partial charge in [-0.25, -0.2) is 0 Å². The molecule has 0 radical (unpaired) electrons. The van der Waals surface area contributed by atoms with Crippen LogP contribution in [-0.4, -0.2) is 11.1 Å². The maximum atomic E-state index is 11.9. The fourth-order valence-electron chi connectivity index (χ4n) is 4.38. The van der Waals surface area contributed by atoms with Gasteiger partial charge in [0.15, 0.2) is 0 Å². The summed E-state index contributed by atoms with van der Waals surface area (Å²) in [6, 6.07) is 8.35. The molecule has 0 saturated heterocycles. The molecule has 1 aromatic carbocycles. The van der Waals surface area contributed by atoms with Gasteiger partial charge in [0.1, 0.15) is 0 Å². The largest absolute Gasteiger partial charge is 0.481 e. The summed E-state index contributed by atoms with van der Waals surface area (Å²) in [5, 5.41) is 9.76. The van der Waals surface area contributed by atoms with Crippen LogP contribution in [0.5, 0.6) is 0 Å². The second-order valence-electron chi connectivity index (χ2n) is 7.79. The normalized spacial score (nSPS) is 26.9. The predicted molar refractivity (Wildman–Crippen MR) is 84.6 cm³/mol. The van der Waals surface area contributed by atoms with Gasteiger partial charge in [-0.15, -0.1) is 0 Å². The fourth-order valence-corrected chi connectivity index (χ4v) is 4.38. The first kappa shape index (κ1) is 14.6. The van der Waals surface area contributed by atoms with Gasteiger partial charge in [-0.05, 0) is 54.6 Å². The molecule has 0 bridgehead atoms. The van der Waals surface area contributed by atoms with Crippen LogP contribution in [0, 0.1) is 5.41 Å². The monoisotopic (exact) mass is 286 g/mol. The minimum atomic E-state index is -0.628. The van der Waals surface area contributed by atoms with Crippen LogP contribution >= 0.6 is 0 Å². The summed E-state index contributed by atoms with van der Waals surface area (Å²) in [6.07, 6.45) is 7.57. The fraction of sp³-hybridized carbons (Fsp3) is 0.632. The number of benzene rings is 1. The Kier molecular flexibility index (Phi) is 3.59. The molecule has 1 unspecified atom stereocenters. The topological polar surface area (TPSA) is 37.3 Å². The third-order valence-corrected chi connectivity index (χ3v) is 5.74. The summed E-state index contributed by atoms with van der Waals surface area (Å²) in [4.78, 5) is 11.9. The molecule has 1 N–H and O–H groups in total. The second-order valence-corrected chi connectivity index (χ2v) is 7.79. The van der Waals surface area contributed by atoms with Gasteiger partial charge in [-0.3, -0.25) is 4.79 Å². The number of hydrogen-bond donors (Lipinski definition) is 1. The highest BCUT2D eigenvalue weighted by molar-refractivity contribution is 5.83. The lowest BCUT2D eigenvalue weighted by molar-refractivity contribution is -0.147. The Labute approximate surface area is 127 Å². The van der Waals surface area contributed by atoms with Crippen molar-refractivity contribution in [1.29, 1.82) is 0 Å². The standard InChI is InChI=1S/C19H26O2/c1-18(2)10-5-7-14(13-18)15-8-3-4-9-16(15)19(17(20)21)11-6-12-19/h3-4,8-9,14H,5-7,10-13H2,1-2H3,(H,20,21). The van der Waals surface area contributed by atoms with Crippen LogP contribution in [0.4, 0.5) is 0 Å². The molecule has 0 spiro atoms. The molecular formula is C19H26O2. The van der Waals surface area contributed by atoms with Crippen LogP contribution in [0.25, 0.3) is 0 Å². The summed E-state index contributed by atoms with van der Waals surface area (Å²) in [6.45, 7) is 4.69. The molecule has 2 aliphatic carbocycles. The van der Waals surface area contributed by atoms with E-state index in [4.69, 9.17) is 0 Å². The van der Waals surface area contributed by atoms with E-state index in [1.807, 2.05) is 6.07 Å². The van der Waals surface area contributed by atoms with E-state index in [0.717, 1.165) is 24.8 Å². The summed E-state index contributed by atoms with van der Waals surface area (Å²) in [5.74, 6) is -0.0990. The van der Waals surface area contributed by atoms with Crippen LogP contribution in [0.1, 0.15) is 75.8 Å². The van der Waals surface area contributed by atoms with Gasteiger partial charge in [0.05, 0.1) is 5.41 Å². The van der Waals surface area contributed by atoms with Crippen molar-refractivity contribution in [1.82, 2.24) is 0 Å². The number of carboxylic acids is 1. The Morgan fingerprint density at radius 3 is 2.43 bits per heavy atom. The molecule has 1 aromatic rings. The highest BCUT2D eigenvalue weighted by atomic mass is 16.4. The van der Waals surface area contributed by atoms with Crippen molar-refractivity contribution in [2.75, 3.05) is 0 Å². The molecule has 0 heterocycles. The predicted octanol–water partition coefficient (Wildman–Crippen LogP) is 4.88. The zero-order valence-corrected chi connectivity index (χ0v) is 13.2. The van der Waals surface area contributed by atoms with Crippen molar-refractivity contribution < 1.29 is 9.90 Å². The zero-order valence-electron chi connectivity index (χ0n) is 13.2. The van der Waals surface area contributed by atoms with Crippen LogP contribution in [0.2, 0.25) is 0 Å². The van der Waals surface area contributed by atoms with Crippen molar-refractivity contribution in [2.24, 2.45) is 5.41 Å². The third-order valence-electron chi connectivity index (χ3n) is 5.74. The lowest BCUT2D eigenvalue weighted by Crippen LogP contribution is -2.43. The van der Waals surface area contributed by atoms with E-state index in [2.05, 4.69) is 32.0 Å². The lowest BCUT2D eigenvalue weighted by atomic mass is 9.60. The first-order valence-electron chi connectivity index (χ1n) is 8.27. The van der Waals surface area contributed by atoms with Gasteiger partial charge in [0.25, 0.3) is 0 Å². The van der Waals surface area contributed by atoms with E-state index in [0.29, 0.717) is 11.3 Å². The van der Waals surface area contributed by atoms with Crippen LogP contribution < -0.4 is 0 Å². The minimum Gasteiger partial charge on any atom is -0.481 e. The first-order chi connectivity index (χ1) is 9.95. The molecule has 2 heteroatoms. The van der Waals surface area contributed by atoms with Gasteiger partial charge in [-0.1, -0.05) is 51.0 Å². The van der Waals surface area contributed by atoms with E-state index in [-0.39, 0.29) is 0 Å². The van der Waals surface area contributed by atoms with Crippen molar-refractivity contribution in [3.8, 4) is 0 Å². The molecule has 0 amide bonds. The summed E-state index contributed by atoms with van der Waals surface area (Å²) in [5.41, 5.74) is 2.20. The van der Waals surface area contributed by atoms with E-state index in [9.17, 15) is 9.90 Å². The number of carbonyl (C=O) groups is 1. The molecule has 1 atom stereocenters. The Balaban J connectivity index is 1.98.